The summed E-state index contributed by atoms with van der Waals surface area (Å²) in [4.78, 5) is 17.5. The number of pyridine rings is 2. The molecule has 0 unspecified atom stereocenters. The Labute approximate surface area is 156 Å². The lowest BCUT2D eigenvalue weighted by molar-refractivity contribution is 0.447. The van der Waals surface area contributed by atoms with Gasteiger partial charge in [-0.2, -0.15) is 5.10 Å². The van der Waals surface area contributed by atoms with Gasteiger partial charge >= 0.3 is 0 Å². The monoisotopic (exact) mass is 359 g/mol. The maximum atomic E-state index is 5.00. The molecular formula is C20H21N7. The van der Waals surface area contributed by atoms with Gasteiger partial charge in [-0.15, -0.1) is 0 Å². The molecule has 0 saturated carbocycles. The van der Waals surface area contributed by atoms with Crippen LogP contribution in [0.4, 0.5) is 0 Å². The predicted octanol–water partition coefficient (Wildman–Crippen LogP) is 2.96. The number of rotatable bonds is 3. The van der Waals surface area contributed by atoms with Crippen LogP contribution in [-0.4, -0.2) is 42.6 Å². The molecule has 0 amide bonds. The van der Waals surface area contributed by atoms with Gasteiger partial charge in [0, 0.05) is 23.4 Å². The van der Waals surface area contributed by atoms with E-state index >= 15 is 0 Å². The molecule has 5 heterocycles. The number of H-pyrrole nitrogens is 1. The number of fused-ring (bicyclic) bond motifs is 1. The highest BCUT2D eigenvalue weighted by Gasteiger charge is 2.23. The van der Waals surface area contributed by atoms with Gasteiger partial charge in [0.05, 0.1) is 11.4 Å². The van der Waals surface area contributed by atoms with Crippen LogP contribution in [-0.2, 0) is 0 Å². The number of aromatic nitrogens is 6. The summed E-state index contributed by atoms with van der Waals surface area (Å²) in [6, 6.07) is 10.1. The van der Waals surface area contributed by atoms with E-state index in [2.05, 4.69) is 26.4 Å². The van der Waals surface area contributed by atoms with Crippen LogP contribution in [0.3, 0.4) is 0 Å². The molecule has 0 bridgehead atoms. The lowest BCUT2D eigenvalue weighted by Gasteiger charge is -2.20. The molecule has 0 spiro atoms. The molecule has 1 saturated heterocycles. The van der Waals surface area contributed by atoms with E-state index in [1.807, 2.05) is 37.4 Å². The average molecular weight is 359 g/mol. The van der Waals surface area contributed by atoms with E-state index < -0.39 is 0 Å². The maximum Gasteiger partial charge on any atom is 0.155 e. The quantitative estimate of drug-likeness (QED) is 0.587. The van der Waals surface area contributed by atoms with Crippen molar-refractivity contribution in [3.05, 3.63) is 54.4 Å². The number of aromatic amines is 1. The minimum absolute atomic E-state index is 0.443. The molecule has 7 heteroatoms. The predicted molar refractivity (Wildman–Crippen MR) is 103 cm³/mol. The lowest BCUT2D eigenvalue weighted by Crippen LogP contribution is -2.27. The molecule has 1 fully saturated rings. The van der Waals surface area contributed by atoms with Crippen molar-refractivity contribution in [3.63, 3.8) is 0 Å². The average Bonchev–Trinajstić information content (AvgIpc) is 3.35. The van der Waals surface area contributed by atoms with Gasteiger partial charge in [-0.25, -0.2) is 14.5 Å². The molecule has 0 atom stereocenters. The SMILES string of the molecule is Cc1cccc(-c2nc(C3CCNCC3)[nH]c2-c2ccc3ncnn3c2)n1. The summed E-state index contributed by atoms with van der Waals surface area (Å²) in [5.74, 6) is 1.49. The van der Waals surface area contributed by atoms with E-state index in [-0.39, 0.29) is 0 Å². The van der Waals surface area contributed by atoms with Crippen LogP contribution in [0.1, 0.15) is 30.3 Å². The summed E-state index contributed by atoms with van der Waals surface area (Å²) in [7, 11) is 0. The van der Waals surface area contributed by atoms with Gasteiger partial charge in [-0.3, -0.25) is 4.98 Å². The number of hydrogen-bond donors (Lipinski definition) is 2. The number of hydrogen-bond acceptors (Lipinski definition) is 5. The highest BCUT2D eigenvalue weighted by Crippen LogP contribution is 2.33. The summed E-state index contributed by atoms with van der Waals surface area (Å²) in [5, 5.41) is 7.69. The fourth-order valence-electron chi connectivity index (χ4n) is 3.71. The van der Waals surface area contributed by atoms with Crippen LogP contribution < -0.4 is 5.32 Å². The van der Waals surface area contributed by atoms with Crippen LogP contribution in [0.25, 0.3) is 28.3 Å². The van der Waals surface area contributed by atoms with Crippen molar-refractivity contribution in [2.45, 2.75) is 25.7 Å². The zero-order valence-electron chi connectivity index (χ0n) is 15.2. The van der Waals surface area contributed by atoms with E-state index in [0.29, 0.717) is 5.92 Å². The summed E-state index contributed by atoms with van der Waals surface area (Å²) >= 11 is 0. The zero-order chi connectivity index (χ0) is 18.2. The molecule has 27 heavy (non-hydrogen) atoms. The summed E-state index contributed by atoms with van der Waals surface area (Å²) < 4.78 is 1.79. The Morgan fingerprint density at radius 3 is 2.81 bits per heavy atom. The van der Waals surface area contributed by atoms with Crippen molar-refractivity contribution < 1.29 is 0 Å². The third kappa shape index (κ3) is 3.00. The van der Waals surface area contributed by atoms with Crippen molar-refractivity contribution in [3.8, 4) is 22.6 Å². The molecule has 1 aliphatic heterocycles. The van der Waals surface area contributed by atoms with Crippen molar-refractivity contribution in [1.82, 2.24) is 34.9 Å². The molecule has 0 radical (unpaired) electrons. The van der Waals surface area contributed by atoms with Gasteiger partial charge in [0.2, 0.25) is 0 Å². The topological polar surface area (TPSA) is 83.8 Å². The second-order valence-electron chi connectivity index (χ2n) is 7.01. The Hall–Kier alpha value is -3.06. The molecule has 7 nitrogen and oxygen atoms in total. The summed E-state index contributed by atoms with van der Waals surface area (Å²) in [6.45, 7) is 4.07. The van der Waals surface area contributed by atoms with Crippen molar-refractivity contribution in [2.24, 2.45) is 0 Å². The minimum Gasteiger partial charge on any atom is -0.341 e. The number of nitrogens with zero attached hydrogens (tertiary/aromatic N) is 5. The molecule has 5 rings (SSSR count). The lowest BCUT2D eigenvalue weighted by atomic mass is 9.98. The third-order valence-electron chi connectivity index (χ3n) is 5.14. The van der Waals surface area contributed by atoms with Gasteiger partial charge in [-0.05, 0) is 57.1 Å². The zero-order valence-corrected chi connectivity index (χ0v) is 15.2. The largest absolute Gasteiger partial charge is 0.341 e. The van der Waals surface area contributed by atoms with Crippen molar-refractivity contribution in [2.75, 3.05) is 13.1 Å². The summed E-state index contributed by atoms with van der Waals surface area (Å²) in [5.41, 5.74) is 5.61. The highest BCUT2D eigenvalue weighted by atomic mass is 15.3. The fourth-order valence-corrected chi connectivity index (χ4v) is 3.71. The van der Waals surface area contributed by atoms with Crippen molar-refractivity contribution >= 4 is 5.65 Å². The van der Waals surface area contributed by atoms with Crippen LogP contribution in [0, 0.1) is 6.92 Å². The Morgan fingerprint density at radius 1 is 1.07 bits per heavy atom. The van der Waals surface area contributed by atoms with E-state index in [9.17, 15) is 0 Å². The first-order valence-corrected chi connectivity index (χ1v) is 9.32. The Morgan fingerprint density at radius 2 is 1.96 bits per heavy atom. The van der Waals surface area contributed by atoms with Gasteiger partial charge in [-0.1, -0.05) is 6.07 Å². The molecule has 0 aliphatic carbocycles. The molecule has 136 valence electrons. The molecule has 2 N–H and O–H groups in total. The van der Waals surface area contributed by atoms with Gasteiger partial charge < -0.3 is 10.3 Å². The third-order valence-corrected chi connectivity index (χ3v) is 5.14. The normalized spacial score (nSPS) is 15.4. The van der Waals surface area contributed by atoms with E-state index in [1.54, 1.807) is 10.8 Å². The number of aryl methyl sites for hydroxylation is 1. The number of piperidine rings is 1. The Kier molecular flexibility index (Phi) is 3.94. The van der Waals surface area contributed by atoms with E-state index in [4.69, 9.17) is 9.97 Å². The molecular weight excluding hydrogens is 338 g/mol. The number of nitrogens with one attached hydrogen (secondary N) is 2. The van der Waals surface area contributed by atoms with Crippen LogP contribution in [0.5, 0.6) is 0 Å². The molecule has 4 aromatic heterocycles. The second kappa shape index (κ2) is 6.59. The molecule has 1 aliphatic rings. The smallest absolute Gasteiger partial charge is 0.155 e. The van der Waals surface area contributed by atoms with Crippen LogP contribution in [0.2, 0.25) is 0 Å². The summed E-state index contributed by atoms with van der Waals surface area (Å²) in [6.07, 6.45) is 5.74. The maximum absolute atomic E-state index is 5.00. The second-order valence-corrected chi connectivity index (χ2v) is 7.01. The van der Waals surface area contributed by atoms with E-state index in [0.717, 1.165) is 65.7 Å². The van der Waals surface area contributed by atoms with Gasteiger partial charge in [0.15, 0.2) is 5.65 Å². The Balaban J connectivity index is 1.66. The van der Waals surface area contributed by atoms with Gasteiger partial charge in [0.1, 0.15) is 17.8 Å². The van der Waals surface area contributed by atoms with E-state index in [1.165, 1.54) is 0 Å². The molecule has 4 aromatic rings. The standard InChI is InChI=1S/C20H21N7/c1-13-3-2-4-16(24-13)19-18(15-5-6-17-22-12-23-27(17)11-15)25-20(26-19)14-7-9-21-10-8-14/h2-6,11-12,14,21H,7-10H2,1H3,(H,25,26). The van der Waals surface area contributed by atoms with Crippen LogP contribution in [0.15, 0.2) is 42.9 Å². The fraction of sp³-hybridized carbons (Fsp3) is 0.300. The van der Waals surface area contributed by atoms with Crippen LogP contribution >= 0.6 is 0 Å². The highest BCUT2D eigenvalue weighted by molar-refractivity contribution is 5.77. The van der Waals surface area contributed by atoms with Gasteiger partial charge in [0.25, 0.3) is 0 Å². The number of imidazole rings is 1. The first kappa shape index (κ1) is 16.1. The first-order chi connectivity index (χ1) is 13.3. The first-order valence-electron chi connectivity index (χ1n) is 9.32. The minimum atomic E-state index is 0.443. The molecule has 0 aromatic carbocycles. The van der Waals surface area contributed by atoms with Crippen molar-refractivity contribution in [1.29, 1.82) is 0 Å². The Bertz CT molecular complexity index is 1090.